The van der Waals surface area contributed by atoms with Crippen LogP contribution in [-0.4, -0.2) is 55.5 Å². The molecule has 26 heavy (non-hydrogen) atoms. The number of nitrogens with zero attached hydrogens (tertiary/aromatic N) is 2. The molecule has 0 radical (unpaired) electrons. The molecule has 0 saturated heterocycles. The summed E-state index contributed by atoms with van der Waals surface area (Å²) in [7, 11) is 3.24. The molecule has 0 aromatic heterocycles. The lowest BCUT2D eigenvalue weighted by Gasteiger charge is -2.30. The molecule has 0 spiro atoms. The summed E-state index contributed by atoms with van der Waals surface area (Å²) in [6.45, 7) is 6.14. The fourth-order valence-corrected chi connectivity index (χ4v) is 3.26. The Balaban J connectivity index is 1.99. The molecule has 1 aromatic carbocycles. The highest BCUT2D eigenvalue weighted by atomic mass is 16.5. The first-order valence-electron chi connectivity index (χ1n) is 9.27. The lowest BCUT2D eigenvalue weighted by molar-refractivity contribution is -0.134. The predicted octanol–water partition coefficient (Wildman–Crippen LogP) is 2.63. The Bertz CT molecular complexity index is 645. The Labute approximate surface area is 156 Å². The number of hydrogen-bond donors (Lipinski definition) is 0. The molecular weight excluding hydrogens is 332 g/mol. The van der Waals surface area contributed by atoms with Gasteiger partial charge < -0.3 is 19.3 Å². The first kappa shape index (κ1) is 20.1. The van der Waals surface area contributed by atoms with Crippen molar-refractivity contribution < 1.29 is 19.1 Å². The van der Waals surface area contributed by atoms with Crippen LogP contribution in [0.5, 0.6) is 11.5 Å². The number of benzene rings is 1. The molecule has 0 saturated carbocycles. The molecule has 2 rings (SSSR count). The molecule has 0 aliphatic carbocycles. The maximum atomic E-state index is 12.6. The van der Waals surface area contributed by atoms with Crippen LogP contribution in [0.3, 0.4) is 0 Å². The Morgan fingerprint density at radius 2 is 1.77 bits per heavy atom. The van der Waals surface area contributed by atoms with E-state index in [-0.39, 0.29) is 11.8 Å². The maximum Gasteiger partial charge on any atom is 0.224 e. The van der Waals surface area contributed by atoms with Gasteiger partial charge in [0.25, 0.3) is 0 Å². The number of fused-ring (bicyclic) bond motifs is 1. The lowest BCUT2D eigenvalue weighted by Crippen LogP contribution is -2.39. The van der Waals surface area contributed by atoms with Crippen LogP contribution in [0, 0.1) is 0 Å². The normalized spacial score (nSPS) is 13.2. The Morgan fingerprint density at radius 1 is 1.12 bits per heavy atom. The van der Waals surface area contributed by atoms with Gasteiger partial charge in [-0.3, -0.25) is 9.59 Å². The zero-order chi connectivity index (χ0) is 19.1. The largest absolute Gasteiger partial charge is 0.493 e. The van der Waals surface area contributed by atoms with E-state index in [1.807, 2.05) is 17.0 Å². The van der Waals surface area contributed by atoms with E-state index in [1.54, 1.807) is 26.0 Å². The topological polar surface area (TPSA) is 59.1 Å². The van der Waals surface area contributed by atoms with Gasteiger partial charge in [-0.25, -0.2) is 0 Å². The highest BCUT2D eigenvalue weighted by Crippen LogP contribution is 2.33. The van der Waals surface area contributed by atoms with Crippen LogP contribution in [0.2, 0.25) is 0 Å². The number of unbranched alkanes of at least 4 members (excludes halogenated alkanes) is 1. The molecule has 1 aromatic rings. The van der Waals surface area contributed by atoms with Crippen LogP contribution in [0.4, 0.5) is 0 Å². The van der Waals surface area contributed by atoms with Gasteiger partial charge in [-0.15, -0.1) is 0 Å². The first-order valence-corrected chi connectivity index (χ1v) is 9.27. The van der Waals surface area contributed by atoms with Crippen LogP contribution in [0.25, 0.3) is 0 Å². The average Bonchev–Trinajstić information content (AvgIpc) is 2.65. The number of ether oxygens (including phenoxy) is 2. The van der Waals surface area contributed by atoms with Crippen LogP contribution in [-0.2, 0) is 22.6 Å². The third-order valence-electron chi connectivity index (χ3n) is 4.89. The van der Waals surface area contributed by atoms with Gasteiger partial charge in [-0.05, 0) is 36.1 Å². The predicted molar refractivity (Wildman–Crippen MR) is 100 cm³/mol. The van der Waals surface area contributed by atoms with Crippen molar-refractivity contribution in [2.75, 3.05) is 33.9 Å². The molecule has 0 atom stereocenters. The second-order valence-electron chi connectivity index (χ2n) is 6.65. The standard InChI is InChI=1S/C20H30N2O4/c1-5-6-9-21(15(2)23)11-8-20(24)22-10-7-16-12-18(25-3)19(26-4)13-17(16)14-22/h12-13H,5-11,14H2,1-4H3. The van der Waals surface area contributed by atoms with Crippen molar-refractivity contribution in [1.82, 2.24) is 9.80 Å². The summed E-state index contributed by atoms with van der Waals surface area (Å²) in [4.78, 5) is 28.0. The van der Waals surface area contributed by atoms with Crippen molar-refractivity contribution in [1.29, 1.82) is 0 Å². The average molecular weight is 362 g/mol. The molecule has 6 nitrogen and oxygen atoms in total. The van der Waals surface area contributed by atoms with Crippen molar-refractivity contribution in [3.05, 3.63) is 23.3 Å². The summed E-state index contributed by atoms with van der Waals surface area (Å²) in [5, 5.41) is 0. The van der Waals surface area contributed by atoms with Crippen LogP contribution in [0.15, 0.2) is 12.1 Å². The molecule has 1 aliphatic rings. The second-order valence-corrected chi connectivity index (χ2v) is 6.65. The van der Waals surface area contributed by atoms with E-state index in [4.69, 9.17) is 9.47 Å². The van der Waals surface area contributed by atoms with Gasteiger partial charge in [0.15, 0.2) is 11.5 Å². The fourth-order valence-electron chi connectivity index (χ4n) is 3.26. The molecular formula is C20H30N2O4. The molecule has 6 heteroatoms. The molecule has 0 N–H and O–H groups in total. The Morgan fingerprint density at radius 3 is 2.35 bits per heavy atom. The maximum absolute atomic E-state index is 12.6. The van der Waals surface area contributed by atoms with Gasteiger partial charge in [0.05, 0.1) is 14.2 Å². The van der Waals surface area contributed by atoms with E-state index < -0.39 is 0 Å². The fraction of sp³-hybridized carbons (Fsp3) is 0.600. The smallest absolute Gasteiger partial charge is 0.224 e. The minimum atomic E-state index is 0.0343. The molecule has 0 unspecified atom stereocenters. The van der Waals surface area contributed by atoms with Crippen molar-refractivity contribution >= 4 is 11.8 Å². The van der Waals surface area contributed by atoms with E-state index in [2.05, 4.69) is 6.92 Å². The minimum absolute atomic E-state index is 0.0343. The van der Waals surface area contributed by atoms with Crippen LogP contribution in [0.1, 0.15) is 44.2 Å². The summed E-state index contributed by atoms with van der Waals surface area (Å²) in [5.74, 6) is 1.53. The number of amides is 2. The van der Waals surface area contributed by atoms with Gasteiger partial charge in [-0.1, -0.05) is 13.3 Å². The summed E-state index contributed by atoms with van der Waals surface area (Å²) >= 11 is 0. The molecule has 1 heterocycles. The van der Waals surface area contributed by atoms with E-state index in [0.29, 0.717) is 31.8 Å². The first-order chi connectivity index (χ1) is 12.5. The summed E-state index contributed by atoms with van der Waals surface area (Å²) in [6, 6.07) is 3.95. The molecule has 144 valence electrons. The Kier molecular flexibility index (Phi) is 7.30. The monoisotopic (exact) mass is 362 g/mol. The third kappa shape index (κ3) is 4.90. The lowest BCUT2D eigenvalue weighted by atomic mass is 9.98. The van der Waals surface area contributed by atoms with Crippen LogP contribution >= 0.6 is 0 Å². The number of carbonyl (C=O) groups is 2. The summed E-state index contributed by atoms with van der Waals surface area (Å²) in [6.07, 6.45) is 3.16. The summed E-state index contributed by atoms with van der Waals surface area (Å²) < 4.78 is 10.7. The van der Waals surface area contributed by atoms with Gasteiger partial charge in [-0.2, -0.15) is 0 Å². The molecule has 2 amide bonds. The zero-order valence-electron chi connectivity index (χ0n) is 16.3. The van der Waals surface area contributed by atoms with Crippen molar-refractivity contribution in [3.8, 4) is 11.5 Å². The number of hydrogen-bond acceptors (Lipinski definition) is 4. The minimum Gasteiger partial charge on any atom is -0.493 e. The van der Waals surface area contributed by atoms with E-state index in [9.17, 15) is 9.59 Å². The van der Waals surface area contributed by atoms with Crippen molar-refractivity contribution in [2.24, 2.45) is 0 Å². The molecule has 1 aliphatic heterocycles. The zero-order valence-corrected chi connectivity index (χ0v) is 16.3. The Hall–Kier alpha value is -2.24. The third-order valence-corrected chi connectivity index (χ3v) is 4.89. The van der Waals surface area contributed by atoms with Crippen molar-refractivity contribution in [2.45, 2.75) is 46.1 Å². The highest BCUT2D eigenvalue weighted by molar-refractivity contribution is 5.78. The van der Waals surface area contributed by atoms with Crippen molar-refractivity contribution in [3.63, 3.8) is 0 Å². The van der Waals surface area contributed by atoms with Gasteiger partial charge in [0.1, 0.15) is 0 Å². The molecule has 0 bridgehead atoms. The van der Waals surface area contributed by atoms with E-state index in [1.165, 1.54) is 5.56 Å². The number of methoxy groups -OCH3 is 2. The number of rotatable bonds is 8. The molecule has 0 fully saturated rings. The van der Waals surface area contributed by atoms with E-state index in [0.717, 1.165) is 37.1 Å². The van der Waals surface area contributed by atoms with Gasteiger partial charge in [0.2, 0.25) is 11.8 Å². The van der Waals surface area contributed by atoms with Gasteiger partial charge in [0, 0.05) is 39.5 Å². The van der Waals surface area contributed by atoms with E-state index >= 15 is 0 Å². The van der Waals surface area contributed by atoms with Gasteiger partial charge >= 0.3 is 0 Å². The highest BCUT2D eigenvalue weighted by Gasteiger charge is 2.23. The number of carbonyl (C=O) groups excluding carboxylic acids is 2. The second kappa shape index (κ2) is 9.46. The van der Waals surface area contributed by atoms with Crippen LogP contribution < -0.4 is 9.47 Å². The summed E-state index contributed by atoms with van der Waals surface area (Å²) in [5.41, 5.74) is 2.29. The SMILES string of the molecule is CCCCN(CCC(=O)N1CCc2cc(OC)c(OC)cc2C1)C(C)=O. The quantitative estimate of drug-likeness (QED) is 0.713.